The SMILES string of the molecule is CC(=O)N[C@H]1[C@H](O[C@@H]2[C@H](O)[C@@H](O)[C@H](O[C@H]3[C@H](O)[C@@H](O)[C@H](OC[C@@H](CO)NC=O)O[C@@H]3CO)O[C@@H]2CO)O[C@H](CO[C@]2(C(=O)[O-])C[C@H](O)[C@@H](NC(C)=O)[C@H]([C@H](O)[C@H](O)CO)O2)[C@H](O)[C@@H]1O. The van der Waals surface area contributed by atoms with Crippen LogP contribution in [0.3, 0.4) is 0 Å². The van der Waals surface area contributed by atoms with E-state index >= 15 is 0 Å². The van der Waals surface area contributed by atoms with Gasteiger partial charge in [-0.05, 0) is 0 Å². The summed E-state index contributed by atoms with van der Waals surface area (Å²) in [6.07, 6.45) is -35.3. The van der Waals surface area contributed by atoms with Gasteiger partial charge in [-0.1, -0.05) is 0 Å². The summed E-state index contributed by atoms with van der Waals surface area (Å²) in [5.41, 5.74) is 0. The number of aliphatic hydroxyl groups excluding tert-OH is 13. The predicted octanol–water partition coefficient (Wildman–Crippen LogP) is -12.5. The molecule has 4 aliphatic heterocycles. The van der Waals surface area contributed by atoms with E-state index in [1.165, 1.54) is 0 Å². The van der Waals surface area contributed by atoms with Crippen LogP contribution in [0.5, 0.6) is 0 Å². The minimum atomic E-state index is -3.05. The lowest BCUT2D eigenvalue weighted by molar-refractivity contribution is -0.390. The van der Waals surface area contributed by atoms with Crippen molar-refractivity contribution in [3.8, 4) is 0 Å². The zero-order valence-electron chi connectivity index (χ0n) is 34.3. The van der Waals surface area contributed by atoms with Gasteiger partial charge >= 0.3 is 0 Å². The summed E-state index contributed by atoms with van der Waals surface area (Å²) in [5, 5.41) is 157. The molecule has 4 aliphatic rings. The van der Waals surface area contributed by atoms with E-state index in [0.717, 1.165) is 13.8 Å². The second kappa shape index (κ2) is 23.7. The van der Waals surface area contributed by atoms with Gasteiger partial charge in [-0.15, -0.1) is 0 Å². The van der Waals surface area contributed by atoms with Gasteiger partial charge < -0.3 is 130 Å². The van der Waals surface area contributed by atoms with Crippen molar-refractivity contribution in [3.05, 3.63) is 0 Å². The third-order valence-corrected chi connectivity index (χ3v) is 10.9. The van der Waals surface area contributed by atoms with Gasteiger partial charge in [0.1, 0.15) is 97.5 Å². The van der Waals surface area contributed by atoms with Crippen LogP contribution in [-0.4, -0.2) is 265 Å². The summed E-state index contributed by atoms with van der Waals surface area (Å²) in [4.78, 5) is 47.4. The average Bonchev–Trinajstić information content (AvgIpc) is 3.25. The zero-order valence-corrected chi connectivity index (χ0v) is 34.3. The van der Waals surface area contributed by atoms with E-state index in [-0.39, 0.29) is 6.41 Å². The molecule has 22 atom stereocenters. The number of aliphatic carboxylic acids is 1. The third kappa shape index (κ3) is 12.3. The highest BCUT2D eigenvalue weighted by Crippen LogP contribution is 2.36. The first kappa shape index (κ1) is 53.7. The van der Waals surface area contributed by atoms with Crippen LogP contribution in [0.2, 0.25) is 0 Å². The number of carboxylic acid groups (broad SMARTS) is 1. The van der Waals surface area contributed by atoms with E-state index < -0.39 is 198 Å². The smallest absolute Gasteiger partial charge is 0.217 e. The lowest BCUT2D eigenvalue weighted by Crippen LogP contribution is -2.70. The Kier molecular flexibility index (Phi) is 19.8. The van der Waals surface area contributed by atoms with E-state index in [0.29, 0.717) is 0 Å². The molecule has 0 unspecified atom stereocenters. The van der Waals surface area contributed by atoms with Crippen molar-refractivity contribution in [2.75, 3.05) is 39.6 Å². The van der Waals surface area contributed by atoms with Gasteiger partial charge in [-0.3, -0.25) is 14.4 Å². The maximum atomic E-state index is 12.6. The van der Waals surface area contributed by atoms with E-state index in [4.69, 9.17) is 37.9 Å². The van der Waals surface area contributed by atoms with Crippen LogP contribution in [0.25, 0.3) is 0 Å². The number of ether oxygens (including phenoxy) is 8. The van der Waals surface area contributed by atoms with Crippen LogP contribution in [0, 0.1) is 0 Å². The normalized spacial score (nSPS) is 41.9. The second-order valence-corrected chi connectivity index (χ2v) is 15.5. The van der Waals surface area contributed by atoms with Gasteiger partial charge in [-0.25, -0.2) is 0 Å². The second-order valence-electron chi connectivity index (χ2n) is 15.5. The molecule has 29 nitrogen and oxygen atoms in total. The van der Waals surface area contributed by atoms with Gasteiger partial charge in [0.05, 0.1) is 57.8 Å². The first-order valence-electron chi connectivity index (χ1n) is 19.9. The summed E-state index contributed by atoms with van der Waals surface area (Å²) in [6, 6.07) is -4.24. The highest BCUT2D eigenvalue weighted by molar-refractivity contribution is 5.75. The summed E-state index contributed by atoms with van der Waals surface area (Å²) >= 11 is 0. The number of carbonyl (C=O) groups excluding carboxylic acids is 4. The fourth-order valence-corrected chi connectivity index (χ4v) is 7.52. The van der Waals surface area contributed by atoms with Gasteiger partial charge in [0.2, 0.25) is 24.0 Å². The Bertz CT molecular complexity index is 1520. The minimum absolute atomic E-state index is 0.282. The molecule has 4 rings (SSSR count). The number of rotatable bonds is 21. The van der Waals surface area contributed by atoms with E-state index in [1.807, 2.05) is 0 Å². The van der Waals surface area contributed by atoms with Crippen molar-refractivity contribution in [1.29, 1.82) is 0 Å². The summed E-state index contributed by atoms with van der Waals surface area (Å²) < 4.78 is 44.8. The molecule has 0 aromatic rings. The first-order valence-corrected chi connectivity index (χ1v) is 19.9. The molecule has 0 spiro atoms. The number of aliphatic hydroxyl groups is 13. The number of carbonyl (C=O) groups is 4. The van der Waals surface area contributed by atoms with Crippen LogP contribution in [-0.2, 0) is 57.1 Å². The molecule has 0 aromatic heterocycles. The standard InChI is InChI=1S/C35H59N3O26/c1-11(44)37-19-14(46)3-35(34(55)56,64-30(19)21(48)15(47)5-40)58-9-18-22(49)23(50)20(38-12(2)45)31(61-18)62-28-17(7-42)60-33(27(54)25(28)52)63-29-16(6-41)59-32(26(53)24(29)51)57-8-13(4-39)36-10-43/h10,13-33,39-42,46-54H,3-9H2,1-2H3,(H,36,43)(H,37,44)(H,38,45)(H,55,56)/p-1/t13-,14+,15-,16-,17-,18-,19-,20-,21-,22+,23-,24-,25-,26-,27-,28+,29-,30-,31+,32-,33+,35-/m1/s1. The molecule has 16 N–H and O–H groups in total. The Labute approximate surface area is 362 Å². The van der Waals surface area contributed by atoms with Gasteiger partial charge in [0.25, 0.3) is 0 Å². The van der Waals surface area contributed by atoms with Crippen molar-refractivity contribution in [2.24, 2.45) is 0 Å². The van der Waals surface area contributed by atoms with E-state index in [2.05, 4.69) is 16.0 Å². The summed E-state index contributed by atoms with van der Waals surface area (Å²) in [5.74, 6) is -6.83. The number of nitrogens with one attached hydrogen (secondary N) is 3. The van der Waals surface area contributed by atoms with Crippen molar-refractivity contribution >= 4 is 24.2 Å². The molecule has 0 aromatic carbocycles. The highest BCUT2D eigenvalue weighted by Gasteiger charge is 2.56. The van der Waals surface area contributed by atoms with Crippen molar-refractivity contribution in [1.82, 2.24) is 16.0 Å². The Morgan fingerprint density at radius 3 is 1.78 bits per heavy atom. The molecule has 0 bridgehead atoms. The molecular formula is C35H58N3O26-. The lowest BCUT2D eigenvalue weighted by atomic mass is 9.88. The number of carboxylic acids is 1. The van der Waals surface area contributed by atoms with Crippen molar-refractivity contribution in [3.63, 3.8) is 0 Å². The molecule has 29 heteroatoms. The Balaban J connectivity index is 1.52. The van der Waals surface area contributed by atoms with E-state index in [9.17, 15) is 90.7 Å². The Morgan fingerprint density at radius 2 is 1.27 bits per heavy atom. The number of hydrogen-bond donors (Lipinski definition) is 16. The van der Waals surface area contributed by atoms with Crippen LogP contribution >= 0.6 is 0 Å². The average molecular weight is 937 g/mol. The molecule has 0 saturated carbocycles. The molecule has 4 fully saturated rings. The van der Waals surface area contributed by atoms with Gasteiger partial charge in [0.15, 0.2) is 18.9 Å². The first-order chi connectivity index (χ1) is 30.2. The van der Waals surface area contributed by atoms with Gasteiger partial charge in [-0.2, -0.15) is 0 Å². The van der Waals surface area contributed by atoms with E-state index in [1.54, 1.807) is 0 Å². The minimum Gasteiger partial charge on any atom is -0.544 e. The van der Waals surface area contributed by atoms with Crippen LogP contribution in [0.1, 0.15) is 20.3 Å². The van der Waals surface area contributed by atoms with Crippen molar-refractivity contribution < 1.29 is 129 Å². The van der Waals surface area contributed by atoms with Crippen LogP contribution in [0.4, 0.5) is 0 Å². The molecule has 3 amide bonds. The Hall–Kier alpha value is -2.96. The summed E-state index contributed by atoms with van der Waals surface area (Å²) in [7, 11) is 0. The van der Waals surface area contributed by atoms with Crippen molar-refractivity contribution in [2.45, 2.75) is 155 Å². The summed E-state index contributed by atoms with van der Waals surface area (Å²) in [6.45, 7) is -3.06. The fourth-order valence-electron chi connectivity index (χ4n) is 7.52. The topological polar surface area (TPSA) is 464 Å². The molecule has 0 aliphatic carbocycles. The Morgan fingerprint density at radius 1 is 0.734 bits per heavy atom. The molecule has 4 heterocycles. The number of amides is 3. The maximum absolute atomic E-state index is 12.6. The fraction of sp³-hybridized carbons (Fsp3) is 0.886. The predicted molar refractivity (Wildman–Crippen MR) is 195 cm³/mol. The molecular weight excluding hydrogens is 878 g/mol. The van der Waals surface area contributed by atoms with Gasteiger partial charge in [0, 0.05) is 20.3 Å². The number of hydrogen-bond acceptors (Lipinski definition) is 26. The molecule has 4 saturated heterocycles. The third-order valence-electron chi connectivity index (χ3n) is 10.9. The lowest BCUT2D eigenvalue weighted by Gasteiger charge is -2.50. The molecule has 370 valence electrons. The molecule has 64 heavy (non-hydrogen) atoms. The maximum Gasteiger partial charge on any atom is 0.217 e. The van der Waals surface area contributed by atoms with Crippen LogP contribution in [0.15, 0.2) is 0 Å². The quantitative estimate of drug-likeness (QED) is 0.0475. The molecule has 0 radical (unpaired) electrons. The van der Waals surface area contributed by atoms with Crippen LogP contribution < -0.4 is 21.1 Å². The zero-order chi connectivity index (χ0) is 47.8. The monoisotopic (exact) mass is 936 g/mol. The largest absolute Gasteiger partial charge is 0.544 e. The highest BCUT2D eigenvalue weighted by atomic mass is 16.8.